The minimum Gasteiger partial charge on any atom is -0.478 e. The van der Waals surface area contributed by atoms with Gasteiger partial charge in [-0.15, -0.1) is 0 Å². The van der Waals surface area contributed by atoms with Gasteiger partial charge in [-0.1, -0.05) is 13.3 Å². The monoisotopic (exact) mass is 315 g/mol. The van der Waals surface area contributed by atoms with Gasteiger partial charge in [0, 0.05) is 12.2 Å². The Balaban J connectivity index is 3.00. The second-order valence-corrected chi connectivity index (χ2v) is 5.93. The molecule has 0 unspecified atom stereocenters. The van der Waals surface area contributed by atoms with Gasteiger partial charge in [0.15, 0.2) is 0 Å². The van der Waals surface area contributed by atoms with Gasteiger partial charge in [0.05, 0.1) is 5.56 Å². The number of urea groups is 1. The Morgan fingerprint density at radius 3 is 2.57 bits per heavy atom. The van der Waals surface area contributed by atoms with Gasteiger partial charge in [0.2, 0.25) is 0 Å². The van der Waals surface area contributed by atoms with Gasteiger partial charge in [-0.05, 0) is 24.6 Å². The number of benzene rings is 1. The normalized spacial score (nSPS) is 10.9. The summed E-state index contributed by atoms with van der Waals surface area (Å²) >= 11 is 0. The van der Waals surface area contributed by atoms with E-state index in [2.05, 4.69) is 5.32 Å². The molecule has 0 heterocycles. The predicted octanol–water partition coefficient (Wildman–Crippen LogP) is 0.755. The van der Waals surface area contributed by atoms with Crippen LogP contribution >= 0.6 is 0 Å². The predicted molar refractivity (Wildman–Crippen MR) is 76.4 cm³/mol. The molecule has 5 N–H and O–H groups in total. The lowest BCUT2D eigenvalue weighted by Crippen LogP contribution is -2.40. The Labute approximate surface area is 122 Å². The summed E-state index contributed by atoms with van der Waals surface area (Å²) in [6, 6.07) is 2.41. The first-order valence-corrected chi connectivity index (χ1v) is 7.69. The average molecular weight is 315 g/mol. The van der Waals surface area contributed by atoms with Crippen LogP contribution in [0.1, 0.15) is 30.1 Å². The Bertz CT molecular complexity index is 642. The van der Waals surface area contributed by atoms with Crippen LogP contribution in [0.4, 0.5) is 10.5 Å². The lowest BCUT2D eigenvalue weighted by molar-refractivity contribution is 0.0692. The molecule has 21 heavy (non-hydrogen) atoms. The van der Waals surface area contributed by atoms with Crippen LogP contribution in [-0.2, 0) is 10.0 Å². The highest BCUT2D eigenvalue weighted by molar-refractivity contribution is 7.90. The number of anilines is 1. The number of carboxylic acid groups (broad SMARTS) is 1. The Morgan fingerprint density at radius 2 is 2.00 bits per heavy atom. The van der Waals surface area contributed by atoms with Crippen LogP contribution < -0.4 is 15.8 Å². The SMILES string of the molecule is CCCCNC(=O)NS(=O)(=O)c1cc(N)ccc1C(=O)O. The highest BCUT2D eigenvalue weighted by Crippen LogP contribution is 2.19. The molecular formula is C12H17N3O5S. The fourth-order valence-corrected chi connectivity index (χ4v) is 2.69. The minimum atomic E-state index is -4.32. The zero-order valence-corrected chi connectivity index (χ0v) is 12.2. The Kier molecular flexibility index (Phi) is 5.53. The standard InChI is InChI=1S/C12H17N3O5S/c1-2-3-6-14-12(18)15-21(19,20)10-7-8(13)4-5-9(10)11(16)17/h4-5,7H,2-3,6,13H2,1H3,(H,16,17)(H2,14,15,18). The molecule has 0 saturated heterocycles. The quantitative estimate of drug-likeness (QED) is 0.451. The average Bonchev–Trinajstić information content (AvgIpc) is 2.38. The third-order valence-corrected chi connectivity index (χ3v) is 3.94. The maximum Gasteiger partial charge on any atom is 0.337 e. The van der Waals surface area contributed by atoms with Crippen molar-refractivity contribution in [2.75, 3.05) is 12.3 Å². The first kappa shape index (κ1) is 16.8. The summed E-state index contributed by atoms with van der Waals surface area (Å²) in [4.78, 5) is 22.0. The number of sulfonamides is 1. The van der Waals surface area contributed by atoms with Crippen molar-refractivity contribution in [3.05, 3.63) is 23.8 Å². The first-order chi connectivity index (χ1) is 9.77. The van der Waals surface area contributed by atoms with Crippen molar-refractivity contribution in [2.45, 2.75) is 24.7 Å². The van der Waals surface area contributed by atoms with Crippen LogP contribution in [0, 0.1) is 0 Å². The lowest BCUT2D eigenvalue weighted by Gasteiger charge is -2.11. The van der Waals surface area contributed by atoms with E-state index >= 15 is 0 Å². The summed E-state index contributed by atoms with van der Waals surface area (Å²) in [5.74, 6) is -1.43. The van der Waals surface area contributed by atoms with E-state index in [1.807, 2.05) is 6.92 Å². The molecule has 1 aromatic rings. The van der Waals surface area contributed by atoms with Gasteiger partial charge in [-0.25, -0.2) is 22.7 Å². The van der Waals surface area contributed by atoms with E-state index in [1.165, 1.54) is 6.07 Å². The second kappa shape index (κ2) is 6.93. The maximum atomic E-state index is 12.1. The van der Waals surface area contributed by atoms with Gasteiger partial charge in [0.25, 0.3) is 10.0 Å². The van der Waals surface area contributed by atoms with E-state index in [0.717, 1.165) is 18.6 Å². The highest BCUT2D eigenvalue weighted by Gasteiger charge is 2.24. The van der Waals surface area contributed by atoms with E-state index in [9.17, 15) is 18.0 Å². The summed E-state index contributed by atoms with van der Waals surface area (Å²) in [5, 5.41) is 11.4. The number of carbonyl (C=O) groups excluding carboxylic acids is 1. The summed E-state index contributed by atoms with van der Waals surface area (Å²) in [5.41, 5.74) is 5.08. The molecule has 0 spiro atoms. The number of carbonyl (C=O) groups is 2. The molecule has 0 saturated carbocycles. The fraction of sp³-hybridized carbons (Fsp3) is 0.333. The molecule has 0 aliphatic heterocycles. The van der Waals surface area contributed by atoms with Crippen LogP contribution in [0.15, 0.2) is 23.1 Å². The molecular weight excluding hydrogens is 298 g/mol. The molecule has 0 bridgehead atoms. The van der Waals surface area contributed by atoms with Crippen LogP contribution in [-0.4, -0.2) is 32.1 Å². The molecule has 0 aliphatic carbocycles. The third kappa shape index (κ3) is 4.63. The summed E-state index contributed by atoms with van der Waals surface area (Å²) in [6.45, 7) is 2.24. The van der Waals surface area contributed by atoms with Crippen LogP contribution in [0.3, 0.4) is 0 Å². The molecule has 9 heteroatoms. The molecule has 0 aromatic heterocycles. The molecule has 2 amide bonds. The molecule has 116 valence electrons. The second-order valence-electron chi connectivity index (χ2n) is 4.28. The minimum absolute atomic E-state index is 0.0757. The molecule has 1 rings (SSSR count). The molecule has 0 radical (unpaired) electrons. The Hall–Kier alpha value is -2.29. The first-order valence-electron chi connectivity index (χ1n) is 6.21. The Morgan fingerprint density at radius 1 is 1.33 bits per heavy atom. The molecule has 1 aromatic carbocycles. The van der Waals surface area contributed by atoms with Crippen LogP contribution in [0.5, 0.6) is 0 Å². The van der Waals surface area contributed by atoms with Crippen molar-refractivity contribution in [2.24, 2.45) is 0 Å². The van der Waals surface area contributed by atoms with Crippen LogP contribution in [0.2, 0.25) is 0 Å². The van der Waals surface area contributed by atoms with E-state index in [1.54, 1.807) is 4.72 Å². The molecule has 0 aliphatic rings. The van der Waals surface area contributed by atoms with E-state index in [4.69, 9.17) is 10.8 Å². The summed E-state index contributed by atoms with van der Waals surface area (Å²) < 4.78 is 25.9. The van der Waals surface area contributed by atoms with Crippen molar-refractivity contribution in [1.82, 2.24) is 10.0 Å². The number of amides is 2. The van der Waals surface area contributed by atoms with Crippen molar-refractivity contribution in [3.63, 3.8) is 0 Å². The maximum absolute atomic E-state index is 12.1. The number of nitrogens with two attached hydrogens (primary N) is 1. The number of nitrogen functional groups attached to an aromatic ring is 1. The smallest absolute Gasteiger partial charge is 0.337 e. The number of aromatic carboxylic acids is 1. The third-order valence-electron chi connectivity index (χ3n) is 2.57. The fourth-order valence-electron chi connectivity index (χ4n) is 1.53. The number of rotatable bonds is 6. The van der Waals surface area contributed by atoms with Gasteiger partial charge in [0.1, 0.15) is 4.90 Å². The molecule has 8 nitrogen and oxygen atoms in total. The van der Waals surface area contributed by atoms with E-state index in [-0.39, 0.29) is 5.69 Å². The largest absolute Gasteiger partial charge is 0.478 e. The number of hydrogen-bond acceptors (Lipinski definition) is 5. The van der Waals surface area contributed by atoms with Gasteiger partial charge >= 0.3 is 12.0 Å². The van der Waals surface area contributed by atoms with Crippen molar-refractivity contribution < 1.29 is 23.1 Å². The van der Waals surface area contributed by atoms with Gasteiger partial charge < -0.3 is 16.2 Å². The summed E-state index contributed by atoms with van der Waals surface area (Å²) in [6.07, 6.45) is 1.54. The van der Waals surface area contributed by atoms with Crippen LogP contribution in [0.25, 0.3) is 0 Å². The summed E-state index contributed by atoms with van der Waals surface area (Å²) in [7, 11) is -4.32. The zero-order chi connectivity index (χ0) is 16.0. The molecule has 0 atom stereocenters. The number of hydrogen-bond donors (Lipinski definition) is 4. The van der Waals surface area contributed by atoms with E-state index in [0.29, 0.717) is 13.0 Å². The number of carboxylic acids is 1. The van der Waals surface area contributed by atoms with Gasteiger partial charge in [-0.3, -0.25) is 0 Å². The van der Waals surface area contributed by atoms with Gasteiger partial charge in [-0.2, -0.15) is 0 Å². The number of unbranched alkanes of at least 4 members (excludes halogenated alkanes) is 1. The van der Waals surface area contributed by atoms with Crippen molar-refractivity contribution in [3.8, 4) is 0 Å². The van der Waals surface area contributed by atoms with E-state index < -0.39 is 32.5 Å². The van der Waals surface area contributed by atoms with Crippen molar-refractivity contribution in [1.29, 1.82) is 0 Å². The molecule has 0 fully saturated rings. The topological polar surface area (TPSA) is 139 Å². The van der Waals surface area contributed by atoms with Crippen molar-refractivity contribution >= 4 is 27.7 Å². The highest BCUT2D eigenvalue weighted by atomic mass is 32.2. The zero-order valence-electron chi connectivity index (χ0n) is 11.4. The lowest BCUT2D eigenvalue weighted by atomic mass is 10.2. The number of nitrogens with one attached hydrogen (secondary N) is 2.